The lowest BCUT2D eigenvalue weighted by atomic mass is 10.1. The molecule has 1 atom stereocenters. The summed E-state index contributed by atoms with van der Waals surface area (Å²) in [5.41, 5.74) is 15.9. The van der Waals surface area contributed by atoms with Crippen molar-refractivity contribution in [1.29, 1.82) is 0 Å². The molecule has 202 valence electrons. The molecule has 1 saturated heterocycles. The number of nitrogens with two attached hydrogens (primary N) is 2. The molecule has 3 aliphatic rings. The summed E-state index contributed by atoms with van der Waals surface area (Å²) in [6.07, 6.45) is 4.08. The van der Waals surface area contributed by atoms with E-state index in [1.807, 2.05) is 39.1 Å². The minimum absolute atomic E-state index is 0.123. The monoisotopic (exact) mass is 520 g/mol. The summed E-state index contributed by atoms with van der Waals surface area (Å²) in [5, 5.41) is 13.5. The molecule has 11 heteroatoms. The third kappa shape index (κ3) is 5.27. The fourth-order valence-electron chi connectivity index (χ4n) is 5.03. The van der Waals surface area contributed by atoms with Crippen LogP contribution >= 0.6 is 0 Å². The number of ether oxygens (including phenoxy) is 1. The van der Waals surface area contributed by atoms with Crippen molar-refractivity contribution in [3.8, 4) is 5.75 Å². The van der Waals surface area contributed by atoms with Gasteiger partial charge in [-0.05, 0) is 51.0 Å². The number of anilines is 1. The lowest BCUT2D eigenvalue weighted by molar-refractivity contribution is 0.0220. The molecule has 1 unspecified atom stereocenters. The molecule has 1 aromatic carbocycles. The van der Waals surface area contributed by atoms with E-state index in [1.54, 1.807) is 23.1 Å². The van der Waals surface area contributed by atoms with Crippen LogP contribution in [0.25, 0.3) is 5.70 Å². The molecule has 0 spiro atoms. The number of carbonyl (C=O) groups is 1. The van der Waals surface area contributed by atoms with Gasteiger partial charge in [-0.15, -0.1) is 0 Å². The van der Waals surface area contributed by atoms with Crippen molar-refractivity contribution in [3.05, 3.63) is 64.9 Å². The molecule has 1 fully saturated rings. The molecule has 3 aliphatic heterocycles. The summed E-state index contributed by atoms with van der Waals surface area (Å²) in [7, 11) is 0. The Labute approximate surface area is 222 Å². The third-order valence-electron chi connectivity index (χ3n) is 6.97. The summed E-state index contributed by atoms with van der Waals surface area (Å²) >= 11 is 0. The number of piperazine rings is 1. The number of hydrogen-bond donors (Lipinski definition) is 4. The number of nitrogens with one attached hydrogen (secondary N) is 1. The van der Waals surface area contributed by atoms with Gasteiger partial charge >= 0.3 is 6.09 Å². The van der Waals surface area contributed by atoms with Gasteiger partial charge < -0.3 is 41.3 Å². The topological polar surface area (TPSA) is 146 Å². The molecule has 6 N–H and O–H groups in total. The van der Waals surface area contributed by atoms with Crippen molar-refractivity contribution in [2.75, 3.05) is 37.6 Å². The number of rotatable bonds is 3. The number of para-hydroxylation sites is 1. The highest BCUT2D eigenvalue weighted by Crippen LogP contribution is 2.28. The zero-order valence-electron chi connectivity index (χ0n) is 22.1. The first-order valence-electron chi connectivity index (χ1n) is 12.9. The van der Waals surface area contributed by atoms with Crippen LogP contribution in [0.2, 0.25) is 0 Å². The molecule has 0 saturated carbocycles. The summed E-state index contributed by atoms with van der Waals surface area (Å²) in [5.74, 6) is 1.34. The summed E-state index contributed by atoms with van der Waals surface area (Å²) in [4.78, 5) is 28.3. The highest BCUT2D eigenvalue weighted by Gasteiger charge is 2.34. The molecular formula is C27H36N8O3. The van der Waals surface area contributed by atoms with E-state index in [9.17, 15) is 9.90 Å². The number of phenols is 1. The number of benzene rings is 1. The van der Waals surface area contributed by atoms with Crippen LogP contribution in [0, 0.1) is 0 Å². The fraction of sp³-hybridized carbons (Fsp3) is 0.444. The van der Waals surface area contributed by atoms with E-state index in [4.69, 9.17) is 21.2 Å². The molecule has 0 radical (unpaired) electrons. The molecule has 38 heavy (non-hydrogen) atoms. The number of hydrogen-bond acceptors (Lipinski definition) is 10. The Morgan fingerprint density at radius 1 is 1.24 bits per heavy atom. The molecular weight excluding hydrogens is 484 g/mol. The average Bonchev–Trinajstić information content (AvgIpc) is 2.88. The van der Waals surface area contributed by atoms with Crippen molar-refractivity contribution in [1.82, 2.24) is 25.1 Å². The highest BCUT2D eigenvalue weighted by atomic mass is 16.6. The molecule has 5 rings (SSSR count). The van der Waals surface area contributed by atoms with Crippen LogP contribution in [-0.4, -0.2) is 75.3 Å². The van der Waals surface area contributed by atoms with Crippen LogP contribution in [0.4, 0.5) is 10.7 Å². The average molecular weight is 521 g/mol. The van der Waals surface area contributed by atoms with E-state index in [0.717, 1.165) is 17.0 Å². The standard InChI is InChI=1S/C27H36N8O3/c1-27(2,3)38-26(37)34-9-8-17-13-31-25(32-21(17)16-34)33-10-11-35-18(15-33)14-30-24(29)22(35)12-20(28)19-6-4-5-7-23(19)36/h4-7,12-13,18,30,36H,8-11,14-16,28-29H2,1-3H3/b20-12-. The van der Waals surface area contributed by atoms with Crippen molar-refractivity contribution in [2.45, 2.75) is 45.4 Å². The third-order valence-corrected chi connectivity index (χ3v) is 6.97. The fourth-order valence-corrected chi connectivity index (χ4v) is 5.03. The second-order valence-corrected chi connectivity index (χ2v) is 10.9. The summed E-state index contributed by atoms with van der Waals surface area (Å²) in [6, 6.07) is 7.10. The first-order chi connectivity index (χ1) is 18.1. The highest BCUT2D eigenvalue weighted by molar-refractivity contribution is 5.70. The van der Waals surface area contributed by atoms with Crippen LogP contribution in [0.5, 0.6) is 5.75 Å². The maximum Gasteiger partial charge on any atom is 0.410 e. The van der Waals surface area contributed by atoms with Gasteiger partial charge in [0.15, 0.2) is 0 Å². The maximum atomic E-state index is 12.6. The Morgan fingerprint density at radius 3 is 2.79 bits per heavy atom. The number of allylic oxidation sites excluding steroid dienone is 1. The normalized spacial score (nSPS) is 20.0. The minimum atomic E-state index is -0.542. The lowest BCUT2D eigenvalue weighted by Crippen LogP contribution is -2.59. The molecule has 0 bridgehead atoms. The minimum Gasteiger partial charge on any atom is -0.507 e. The molecule has 11 nitrogen and oxygen atoms in total. The van der Waals surface area contributed by atoms with Gasteiger partial charge in [-0.2, -0.15) is 0 Å². The molecule has 1 amide bonds. The smallest absolute Gasteiger partial charge is 0.410 e. The van der Waals surface area contributed by atoms with Crippen LogP contribution in [0.3, 0.4) is 0 Å². The second-order valence-electron chi connectivity index (χ2n) is 10.9. The summed E-state index contributed by atoms with van der Waals surface area (Å²) < 4.78 is 5.56. The number of aromatic nitrogens is 2. The van der Waals surface area contributed by atoms with E-state index in [0.29, 0.717) is 68.7 Å². The van der Waals surface area contributed by atoms with Crippen molar-refractivity contribution < 1.29 is 14.6 Å². The largest absolute Gasteiger partial charge is 0.507 e. The number of aromatic hydroxyl groups is 1. The Morgan fingerprint density at radius 2 is 2.03 bits per heavy atom. The Kier molecular flexibility index (Phi) is 6.68. The van der Waals surface area contributed by atoms with Crippen molar-refractivity contribution in [3.63, 3.8) is 0 Å². The molecule has 0 aliphatic carbocycles. The van der Waals surface area contributed by atoms with Gasteiger partial charge in [0.2, 0.25) is 5.95 Å². The quantitative estimate of drug-likeness (QED) is 0.472. The number of phenolic OH excluding ortho intramolecular Hbond substituents is 1. The van der Waals surface area contributed by atoms with Crippen LogP contribution < -0.4 is 21.7 Å². The molecule has 2 aromatic rings. The first-order valence-corrected chi connectivity index (χ1v) is 12.9. The second kappa shape index (κ2) is 9.96. The lowest BCUT2D eigenvalue weighted by Gasteiger charge is -2.46. The summed E-state index contributed by atoms with van der Waals surface area (Å²) in [6.45, 7) is 9.38. The van der Waals surface area contributed by atoms with Gasteiger partial charge in [0, 0.05) is 50.2 Å². The predicted molar refractivity (Wildman–Crippen MR) is 145 cm³/mol. The number of amides is 1. The molecule has 4 heterocycles. The van der Waals surface area contributed by atoms with Crippen LogP contribution in [0.15, 0.2) is 48.1 Å². The van der Waals surface area contributed by atoms with Gasteiger partial charge in [-0.1, -0.05) is 12.1 Å². The van der Waals surface area contributed by atoms with E-state index in [2.05, 4.69) is 20.1 Å². The van der Waals surface area contributed by atoms with Gasteiger partial charge in [0.1, 0.15) is 17.2 Å². The number of nitrogens with zero attached hydrogens (tertiary/aromatic N) is 5. The number of fused-ring (bicyclic) bond motifs is 2. The molecule has 1 aromatic heterocycles. The van der Waals surface area contributed by atoms with E-state index in [1.165, 1.54) is 0 Å². The Hall–Kier alpha value is -4.15. The van der Waals surface area contributed by atoms with Crippen LogP contribution in [0.1, 0.15) is 37.6 Å². The van der Waals surface area contributed by atoms with E-state index < -0.39 is 5.60 Å². The first kappa shape index (κ1) is 25.5. The van der Waals surface area contributed by atoms with Crippen molar-refractivity contribution in [2.24, 2.45) is 11.5 Å². The van der Waals surface area contributed by atoms with Gasteiger partial charge in [0.05, 0.1) is 24.0 Å². The Bertz CT molecular complexity index is 1290. The van der Waals surface area contributed by atoms with Gasteiger partial charge in [-0.25, -0.2) is 14.8 Å². The predicted octanol–water partition coefficient (Wildman–Crippen LogP) is 1.70. The zero-order chi connectivity index (χ0) is 27.0. The SMILES string of the molecule is CC(C)(C)OC(=O)N1CCc2cnc(N3CCN4C(/C=C(\N)c5ccccc5O)=C(N)NCC4C3)nc2C1. The maximum absolute atomic E-state index is 12.6. The van der Waals surface area contributed by atoms with E-state index >= 15 is 0 Å². The van der Waals surface area contributed by atoms with Gasteiger partial charge in [-0.3, -0.25) is 0 Å². The Balaban J connectivity index is 1.30. The van der Waals surface area contributed by atoms with Crippen molar-refractivity contribution >= 4 is 17.7 Å². The van der Waals surface area contributed by atoms with E-state index in [-0.39, 0.29) is 17.9 Å². The number of carbonyl (C=O) groups excluding carboxylic acids is 1. The van der Waals surface area contributed by atoms with Gasteiger partial charge in [0.25, 0.3) is 0 Å². The zero-order valence-corrected chi connectivity index (χ0v) is 22.1. The van der Waals surface area contributed by atoms with Crippen LogP contribution in [-0.2, 0) is 17.7 Å².